The maximum absolute atomic E-state index is 13.3. The van der Waals surface area contributed by atoms with Crippen LogP contribution in [0, 0.1) is 5.82 Å². The Hall–Kier alpha value is -0.420. The fourth-order valence-corrected chi connectivity index (χ4v) is 3.26. The van der Waals surface area contributed by atoms with E-state index in [0.29, 0.717) is 16.0 Å². The Morgan fingerprint density at radius 1 is 1.43 bits per heavy atom. The molecule has 14 heavy (non-hydrogen) atoms. The van der Waals surface area contributed by atoms with Gasteiger partial charge >= 0.3 is 0 Å². The highest BCUT2D eigenvalue weighted by Crippen LogP contribution is 2.31. The van der Waals surface area contributed by atoms with E-state index in [1.54, 1.807) is 12.1 Å². The third kappa shape index (κ3) is 1.83. The standard InChI is InChI=1S/C9H9BrFNOS/c10-7-3-1-4-8(11)9(7)12-14(13)5-2-6-14/h1,3-4H,2,5-6H2. The molecule has 2 nitrogen and oxygen atoms in total. The molecule has 76 valence electrons. The first-order valence-corrected chi connectivity index (χ1v) is 6.92. The highest BCUT2D eigenvalue weighted by atomic mass is 79.9. The normalized spacial score (nSPS) is 18.7. The summed E-state index contributed by atoms with van der Waals surface area (Å²) >= 11 is 3.19. The lowest BCUT2D eigenvalue weighted by Crippen LogP contribution is -2.23. The fraction of sp³-hybridized carbons (Fsp3) is 0.333. The predicted octanol–water partition coefficient (Wildman–Crippen LogP) is 3.09. The van der Waals surface area contributed by atoms with Crippen LogP contribution < -0.4 is 0 Å². The number of benzene rings is 1. The van der Waals surface area contributed by atoms with Gasteiger partial charge in [-0.25, -0.2) is 8.60 Å². The van der Waals surface area contributed by atoms with Gasteiger partial charge in [-0.05, 0) is 34.5 Å². The number of hydrogen-bond acceptors (Lipinski definition) is 2. The van der Waals surface area contributed by atoms with Crippen LogP contribution in [0.4, 0.5) is 10.1 Å². The Bertz CT molecular complexity index is 449. The zero-order valence-electron chi connectivity index (χ0n) is 7.37. The lowest BCUT2D eigenvalue weighted by molar-refractivity contribution is 0.627. The van der Waals surface area contributed by atoms with Crippen LogP contribution in [0.2, 0.25) is 0 Å². The van der Waals surface area contributed by atoms with Crippen molar-refractivity contribution >= 4 is 31.3 Å². The van der Waals surface area contributed by atoms with Crippen molar-refractivity contribution in [2.24, 2.45) is 4.36 Å². The van der Waals surface area contributed by atoms with E-state index in [1.807, 2.05) is 0 Å². The van der Waals surface area contributed by atoms with Crippen molar-refractivity contribution in [3.63, 3.8) is 0 Å². The van der Waals surface area contributed by atoms with E-state index < -0.39 is 15.5 Å². The molecule has 1 heterocycles. The lowest BCUT2D eigenvalue weighted by atomic mass is 10.3. The topological polar surface area (TPSA) is 29.4 Å². The molecule has 1 aliphatic rings. The van der Waals surface area contributed by atoms with Crippen LogP contribution in [0.5, 0.6) is 0 Å². The second kappa shape index (κ2) is 3.62. The molecule has 0 aliphatic carbocycles. The Balaban J connectivity index is 2.52. The molecule has 1 aromatic carbocycles. The van der Waals surface area contributed by atoms with Gasteiger partial charge in [0.15, 0.2) is 5.82 Å². The average molecular weight is 278 g/mol. The summed E-state index contributed by atoms with van der Waals surface area (Å²) < 4.78 is 29.6. The number of hydrogen-bond donors (Lipinski definition) is 0. The van der Waals surface area contributed by atoms with Crippen LogP contribution in [0.25, 0.3) is 0 Å². The highest BCUT2D eigenvalue weighted by molar-refractivity contribution is 9.10. The fourth-order valence-electron chi connectivity index (χ4n) is 1.23. The Morgan fingerprint density at radius 3 is 2.64 bits per heavy atom. The third-order valence-corrected chi connectivity index (χ3v) is 5.13. The molecule has 0 spiro atoms. The molecule has 1 aromatic rings. The van der Waals surface area contributed by atoms with Gasteiger partial charge in [-0.15, -0.1) is 0 Å². The summed E-state index contributed by atoms with van der Waals surface area (Å²) in [4.78, 5) is 0. The molecule has 1 aliphatic heterocycles. The molecule has 0 amide bonds. The van der Waals surface area contributed by atoms with Gasteiger partial charge in [-0.3, -0.25) is 0 Å². The lowest BCUT2D eigenvalue weighted by Gasteiger charge is -2.18. The van der Waals surface area contributed by atoms with Crippen molar-refractivity contribution in [1.29, 1.82) is 0 Å². The maximum Gasteiger partial charge on any atom is 0.150 e. The Labute approximate surface area is 90.8 Å². The van der Waals surface area contributed by atoms with Gasteiger partial charge in [0.1, 0.15) is 5.69 Å². The Kier molecular flexibility index (Phi) is 2.62. The molecular formula is C9H9BrFNOS. The third-order valence-electron chi connectivity index (χ3n) is 2.12. The molecule has 0 aromatic heterocycles. The first-order valence-electron chi connectivity index (χ1n) is 4.27. The second-order valence-electron chi connectivity index (χ2n) is 3.20. The SMILES string of the molecule is O=S1(=Nc2c(F)cccc2Br)CCC1. The molecule has 1 fully saturated rings. The van der Waals surface area contributed by atoms with Gasteiger partial charge in [0.05, 0.1) is 9.73 Å². The van der Waals surface area contributed by atoms with Crippen molar-refractivity contribution in [1.82, 2.24) is 0 Å². The number of nitrogens with zero attached hydrogens (tertiary/aromatic N) is 1. The summed E-state index contributed by atoms with van der Waals surface area (Å²) in [7, 11) is -2.13. The van der Waals surface area contributed by atoms with Crippen molar-refractivity contribution in [3.8, 4) is 0 Å². The highest BCUT2D eigenvalue weighted by Gasteiger charge is 2.20. The van der Waals surface area contributed by atoms with Gasteiger partial charge < -0.3 is 0 Å². The minimum atomic E-state index is -2.13. The maximum atomic E-state index is 13.3. The molecule has 0 radical (unpaired) electrons. The van der Waals surface area contributed by atoms with Crippen molar-refractivity contribution < 1.29 is 8.60 Å². The minimum absolute atomic E-state index is 0.192. The zero-order valence-corrected chi connectivity index (χ0v) is 9.78. The van der Waals surface area contributed by atoms with E-state index in [-0.39, 0.29) is 5.69 Å². The molecule has 0 unspecified atom stereocenters. The molecular weight excluding hydrogens is 269 g/mol. The van der Waals surface area contributed by atoms with Gasteiger partial charge in [-0.1, -0.05) is 6.07 Å². The van der Waals surface area contributed by atoms with Crippen LogP contribution in [0.15, 0.2) is 27.0 Å². The van der Waals surface area contributed by atoms with E-state index in [0.717, 1.165) is 6.42 Å². The summed E-state index contributed by atoms with van der Waals surface area (Å²) in [6.07, 6.45) is 0.925. The summed E-state index contributed by atoms with van der Waals surface area (Å²) in [5.41, 5.74) is 0.192. The smallest absolute Gasteiger partial charge is 0.150 e. The first-order chi connectivity index (χ1) is 6.61. The van der Waals surface area contributed by atoms with Crippen LogP contribution in [0.1, 0.15) is 6.42 Å². The van der Waals surface area contributed by atoms with Crippen LogP contribution in [-0.4, -0.2) is 15.7 Å². The number of rotatable bonds is 1. The van der Waals surface area contributed by atoms with Crippen molar-refractivity contribution in [3.05, 3.63) is 28.5 Å². The van der Waals surface area contributed by atoms with Gasteiger partial charge in [0.25, 0.3) is 0 Å². The molecule has 0 bridgehead atoms. The summed E-state index contributed by atoms with van der Waals surface area (Å²) in [6.45, 7) is 0. The van der Waals surface area contributed by atoms with Gasteiger partial charge in [-0.2, -0.15) is 4.36 Å². The van der Waals surface area contributed by atoms with E-state index in [4.69, 9.17) is 0 Å². The minimum Gasteiger partial charge on any atom is -0.249 e. The van der Waals surface area contributed by atoms with Crippen LogP contribution in [-0.2, 0) is 9.73 Å². The van der Waals surface area contributed by atoms with Crippen molar-refractivity contribution in [2.45, 2.75) is 6.42 Å². The predicted molar refractivity (Wildman–Crippen MR) is 58.7 cm³/mol. The van der Waals surface area contributed by atoms with E-state index >= 15 is 0 Å². The Morgan fingerprint density at radius 2 is 2.14 bits per heavy atom. The van der Waals surface area contributed by atoms with E-state index in [9.17, 15) is 8.60 Å². The molecule has 0 N–H and O–H groups in total. The monoisotopic (exact) mass is 277 g/mol. The largest absolute Gasteiger partial charge is 0.249 e. The molecule has 5 heteroatoms. The molecule has 1 saturated heterocycles. The van der Waals surface area contributed by atoms with E-state index in [1.165, 1.54) is 6.07 Å². The summed E-state index contributed by atoms with van der Waals surface area (Å²) in [5.74, 6) is 0.760. The molecule has 0 saturated carbocycles. The van der Waals surface area contributed by atoms with Gasteiger partial charge in [0, 0.05) is 16.0 Å². The summed E-state index contributed by atoms with van der Waals surface area (Å²) in [6, 6.07) is 4.61. The number of halogens is 2. The van der Waals surface area contributed by atoms with Crippen LogP contribution in [0.3, 0.4) is 0 Å². The summed E-state index contributed by atoms with van der Waals surface area (Å²) in [5, 5.41) is 0. The van der Waals surface area contributed by atoms with Gasteiger partial charge in [0.2, 0.25) is 0 Å². The van der Waals surface area contributed by atoms with E-state index in [2.05, 4.69) is 20.3 Å². The second-order valence-corrected chi connectivity index (χ2v) is 6.59. The average Bonchev–Trinajstić information content (AvgIpc) is 2.09. The zero-order chi connectivity index (χ0) is 10.2. The van der Waals surface area contributed by atoms with Crippen molar-refractivity contribution in [2.75, 3.05) is 11.5 Å². The molecule has 2 rings (SSSR count). The van der Waals surface area contributed by atoms with Crippen LogP contribution >= 0.6 is 15.9 Å². The quantitative estimate of drug-likeness (QED) is 0.776. The molecule has 0 atom stereocenters. The first kappa shape index (κ1) is 10.1.